The van der Waals surface area contributed by atoms with Crippen LogP contribution >= 0.6 is 0 Å². The average Bonchev–Trinajstić information content (AvgIpc) is 3.02. The summed E-state index contributed by atoms with van der Waals surface area (Å²) in [7, 11) is 0. The van der Waals surface area contributed by atoms with E-state index in [1.54, 1.807) is 36.1 Å². The van der Waals surface area contributed by atoms with Crippen molar-refractivity contribution in [3.8, 4) is 0 Å². The van der Waals surface area contributed by atoms with Gasteiger partial charge in [-0.15, -0.1) is 0 Å². The first-order valence-electron chi connectivity index (χ1n) is 6.12. The second kappa shape index (κ2) is 4.48. The van der Waals surface area contributed by atoms with Crippen molar-refractivity contribution < 1.29 is 19.2 Å². The molecule has 1 aliphatic rings. The maximum Gasteiger partial charge on any atom is 0.335 e. The number of carbonyl (C=O) groups excluding carboxylic acids is 1. The molecule has 2 aromatic rings. The standard InChI is InChI=1S/C14H12N2O4/c1-8-4-12(20-15-8)13(17)16-6-10-3-2-9(14(18)19)5-11(10)7-16/h2-5H,6-7H2,1H3,(H,18,19). The average molecular weight is 272 g/mol. The van der Waals surface area contributed by atoms with Gasteiger partial charge in [-0.2, -0.15) is 0 Å². The van der Waals surface area contributed by atoms with Crippen LogP contribution in [0.4, 0.5) is 0 Å². The first-order valence-corrected chi connectivity index (χ1v) is 6.12. The zero-order valence-electron chi connectivity index (χ0n) is 10.8. The summed E-state index contributed by atoms with van der Waals surface area (Å²) in [6.45, 7) is 2.58. The number of benzene rings is 1. The van der Waals surface area contributed by atoms with Crippen LogP contribution in [-0.4, -0.2) is 27.0 Å². The second-order valence-electron chi connectivity index (χ2n) is 4.78. The van der Waals surface area contributed by atoms with Gasteiger partial charge in [0.15, 0.2) is 0 Å². The van der Waals surface area contributed by atoms with Crippen molar-refractivity contribution in [1.82, 2.24) is 10.1 Å². The molecular formula is C14H12N2O4. The van der Waals surface area contributed by atoms with Crippen LogP contribution in [0.1, 0.15) is 37.7 Å². The molecule has 1 aromatic heterocycles. The number of amides is 1. The van der Waals surface area contributed by atoms with Gasteiger partial charge in [0.05, 0.1) is 11.3 Å². The van der Waals surface area contributed by atoms with Gasteiger partial charge in [-0.05, 0) is 30.2 Å². The van der Waals surface area contributed by atoms with Crippen molar-refractivity contribution in [3.63, 3.8) is 0 Å². The molecule has 0 aliphatic carbocycles. The lowest BCUT2D eigenvalue weighted by atomic mass is 10.1. The summed E-state index contributed by atoms with van der Waals surface area (Å²) in [5, 5.41) is 12.7. The number of aromatic nitrogens is 1. The van der Waals surface area contributed by atoms with Crippen LogP contribution in [0.2, 0.25) is 0 Å². The fourth-order valence-corrected chi connectivity index (χ4v) is 2.29. The Morgan fingerprint density at radius 3 is 2.65 bits per heavy atom. The third kappa shape index (κ3) is 2.05. The van der Waals surface area contributed by atoms with E-state index in [0.717, 1.165) is 11.1 Å². The van der Waals surface area contributed by atoms with Crippen molar-refractivity contribution in [3.05, 3.63) is 52.4 Å². The molecule has 0 bridgehead atoms. The minimum Gasteiger partial charge on any atom is -0.478 e. The number of fused-ring (bicyclic) bond motifs is 1. The quantitative estimate of drug-likeness (QED) is 0.901. The Kier molecular flexibility index (Phi) is 2.78. The zero-order chi connectivity index (χ0) is 14.3. The van der Waals surface area contributed by atoms with Crippen LogP contribution in [-0.2, 0) is 13.1 Å². The molecule has 2 heterocycles. The Labute approximate surface area is 114 Å². The van der Waals surface area contributed by atoms with Crippen molar-refractivity contribution in [2.75, 3.05) is 0 Å². The summed E-state index contributed by atoms with van der Waals surface area (Å²) in [6.07, 6.45) is 0. The number of carbonyl (C=O) groups is 2. The van der Waals surface area contributed by atoms with E-state index in [1.165, 1.54) is 0 Å². The van der Waals surface area contributed by atoms with Gasteiger partial charge in [-0.25, -0.2) is 4.79 Å². The predicted molar refractivity (Wildman–Crippen MR) is 68.2 cm³/mol. The summed E-state index contributed by atoms with van der Waals surface area (Å²) in [6, 6.07) is 6.50. The van der Waals surface area contributed by atoms with E-state index in [4.69, 9.17) is 9.63 Å². The fourth-order valence-electron chi connectivity index (χ4n) is 2.29. The predicted octanol–water partition coefficient (Wildman–Crippen LogP) is 1.84. The number of hydrogen-bond acceptors (Lipinski definition) is 4. The van der Waals surface area contributed by atoms with Gasteiger partial charge in [0, 0.05) is 19.2 Å². The van der Waals surface area contributed by atoms with E-state index in [2.05, 4.69) is 5.16 Å². The normalized spacial score (nSPS) is 13.3. The van der Waals surface area contributed by atoms with Crippen LogP contribution in [0, 0.1) is 6.92 Å². The monoisotopic (exact) mass is 272 g/mol. The van der Waals surface area contributed by atoms with E-state index >= 15 is 0 Å². The molecule has 3 rings (SSSR count). The summed E-state index contributed by atoms with van der Waals surface area (Å²) >= 11 is 0. The van der Waals surface area contributed by atoms with Crippen LogP contribution in [0.25, 0.3) is 0 Å². The molecule has 1 amide bonds. The fraction of sp³-hybridized carbons (Fsp3) is 0.214. The number of hydrogen-bond donors (Lipinski definition) is 1. The lowest BCUT2D eigenvalue weighted by molar-refractivity contribution is 0.0694. The molecule has 0 atom stereocenters. The summed E-state index contributed by atoms with van der Waals surface area (Å²) in [5.41, 5.74) is 2.70. The van der Waals surface area contributed by atoms with Crippen molar-refractivity contribution in [2.24, 2.45) is 0 Å². The highest BCUT2D eigenvalue weighted by Gasteiger charge is 2.27. The lowest BCUT2D eigenvalue weighted by Crippen LogP contribution is -2.24. The smallest absolute Gasteiger partial charge is 0.335 e. The van der Waals surface area contributed by atoms with Crippen molar-refractivity contribution >= 4 is 11.9 Å². The van der Waals surface area contributed by atoms with Crippen LogP contribution in [0.15, 0.2) is 28.8 Å². The number of aryl methyl sites for hydroxylation is 1. The molecule has 6 nitrogen and oxygen atoms in total. The van der Waals surface area contributed by atoms with E-state index in [9.17, 15) is 9.59 Å². The lowest BCUT2D eigenvalue weighted by Gasteiger charge is -2.12. The van der Waals surface area contributed by atoms with E-state index in [1.807, 2.05) is 0 Å². The van der Waals surface area contributed by atoms with Gasteiger partial charge in [0.1, 0.15) is 0 Å². The SMILES string of the molecule is Cc1cc(C(=O)N2Cc3ccc(C(=O)O)cc3C2)on1. The first kappa shape index (κ1) is 12.4. The molecule has 0 fully saturated rings. The molecule has 0 radical (unpaired) electrons. The number of carboxylic acids is 1. The zero-order valence-corrected chi connectivity index (χ0v) is 10.8. The highest BCUT2D eigenvalue weighted by molar-refractivity contribution is 5.92. The van der Waals surface area contributed by atoms with E-state index < -0.39 is 5.97 Å². The molecule has 1 aliphatic heterocycles. The van der Waals surface area contributed by atoms with E-state index in [0.29, 0.717) is 18.8 Å². The van der Waals surface area contributed by atoms with Gasteiger partial charge < -0.3 is 14.5 Å². The second-order valence-corrected chi connectivity index (χ2v) is 4.78. The third-order valence-electron chi connectivity index (χ3n) is 3.30. The summed E-state index contributed by atoms with van der Waals surface area (Å²) in [4.78, 5) is 24.8. The van der Waals surface area contributed by atoms with Crippen molar-refractivity contribution in [2.45, 2.75) is 20.0 Å². The molecule has 0 saturated carbocycles. The minimum atomic E-state index is -0.969. The van der Waals surface area contributed by atoms with Crippen LogP contribution in [0.3, 0.4) is 0 Å². The number of carboxylic acid groups (broad SMARTS) is 1. The molecule has 0 unspecified atom stereocenters. The highest BCUT2D eigenvalue weighted by atomic mass is 16.5. The Bertz CT molecular complexity index is 705. The Balaban J connectivity index is 1.83. The minimum absolute atomic E-state index is 0.203. The molecule has 6 heteroatoms. The molecular weight excluding hydrogens is 260 g/mol. The number of aromatic carboxylic acids is 1. The topological polar surface area (TPSA) is 83.6 Å². The van der Waals surface area contributed by atoms with Gasteiger partial charge in [-0.3, -0.25) is 4.79 Å². The molecule has 1 N–H and O–H groups in total. The van der Waals surface area contributed by atoms with Gasteiger partial charge >= 0.3 is 5.97 Å². The van der Waals surface area contributed by atoms with Crippen LogP contribution in [0.5, 0.6) is 0 Å². The largest absolute Gasteiger partial charge is 0.478 e. The van der Waals surface area contributed by atoms with E-state index in [-0.39, 0.29) is 17.2 Å². The maximum atomic E-state index is 12.2. The van der Waals surface area contributed by atoms with Gasteiger partial charge in [0.25, 0.3) is 5.91 Å². The molecule has 102 valence electrons. The maximum absolute atomic E-state index is 12.2. The molecule has 1 aromatic carbocycles. The van der Waals surface area contributed by atoms with Crippen LogP contribution < -0.4 is 0 Å². The number of rotatable bonds is 2. The van der Waals surface area contributed by atoms with Gasteiger partial charge in [0.2, 0.25) is 5.76 Å². The summed E-state index contributed by atoms with van der Waals surface area (Å²) < 4.78 is 4.96. The Morgan fingerprint density at radius 2 is 2.00 bits per heavy atom. The highest BCUT2D eigenvalue weighted by Crippen LogP contribution is 2.25. The Hall–Kier alpha value is -2.63. The first-order chi connectivity index (χ1) is 9.54. The number of nitrogens with zero attached hydrogens (tertiary/aromatic N) is 2. The molecule has 0 saturated heterocycles. The molecule has 20 heavy (non-hydrogen) atoms. The van der Waals surface area contributed by atoms with Crippen molar-refractivity contribution in [1.29, 1.82) is 0 Å². The molecule has 0 spiro atoms. The van der Waals surface area contributed by atoms with Gasteiger partial charge in [-0.1, -0.05) is 11.2 Å². The summed E-state index contributed by atoms with van der Waals surface area (Å²) in [5.74, 6) is -1.00. The third-order valence-corrected chi connectivity index (χ3v) is 3.30. The Morgan fingerprint density at radius 1 is 1.25 bits per heavy atom.